The van der Waals surface area contributed by atoms with Crippen molar-refractivity contribution in [2.45, 2.75) is 45.0 Å². The van der Waals surface area contributed by atoms with Gasteiger partial charge in [0.25, 0.3) is 11.8 Å². The zero-order chi connectivity index (χ0) is 28.6. The second-order valence-corrected chi connectivity index (χ2v) is 10.8. The number of ether oxygens (including phenoxy) is 3. The molecule has 6 rings (SSSR count). The number of nitrogens with one attached hydrogen (secondary N) is 1. The Bertz CT molecular complexity index is 1480. The highest BCUT2D eigenvalue weighted by atomic mass is 16.7. The minimum atomic E-state index is -0.981. The van der Waals surface area contributed by atoms with Crippen molar-refractivity contribution >= 4 is 17.7 Å². The maximum Gasteiger partial charge on any atom is 0.256 e. The zero-order valence-corrected chi connectivity index (χ0v) is 23.2. The molecule has 212 valence electrons. The highest BCUT2D eigenvalue weighted by Crippen LogP contribution is 2.39. The van der Waals surface area contributed by atoms with Crippen molar-refractivity contribution in [2.24, 2.45) is 0 Å². The number of rotatable bonds is 5. The number of fused-ring (bicyclic) bond motifs is 1. The molecule has 1 atom stereocenters. The van der Waals surface area contributed by atoms with Crippen LogP contribution in [0.3, 0.4) is 0 Å². The number of hydrogen-bond acceptors (Lipinski definition) is 6. The Morgan fingerprint density at radius 1 is 0.902 bits per heavy atom. The number of piperidine rings is 1. The summed E-state index contributed by atoms with van der Waals surface area (Å²) in [6.07, 6.45) is 0.822. The normalized spacial score (nSPS) is 18.9. The van der Waals surface area contributed by atoms with Crippen LogP contribution in [0.1, 0.15) is 50.2 Å². The summed E-state index contributed by atoms with van der Waals surface area (Å²) in [5.74, 6) is 0.726. The summed E-state index contributed by atoms with van der Waals surface area (Å²) in [5.41, 5.74) is 3.00. The van der Waals surface area contributed by atoms with Crippen molar-refractivity contribution in [1.29, 1.82) is 0 Å². The summed E-state index contributed by atoms with van der Waals surface area (Å²) in [6, 6.07) is 19.6. The van der Waals surface area contributed by atoms with Gasteiger partial charge in [0, 0.05) is 43.6 Å². The molecule has 3 aliphatic rings. The van der Waals surface area contributed by atoms with E-state index in [9.17, 15) is 14.4 Å². The Kier molecular flexibility index (Phi) is 7.13. The van der Waals surface area contributed by atoms with E-state index in [2.05, 4.69) is 5.32 Å². The van der Waals surface area contributed by atoms with Crippen LogP contribution in [0.2, 0.25) is 0 Å². The number of likely N-dealkylation sites (tertiary alicyclic amines) is 1. The first-order chi connectivity index (χ1) is 19.8. The summed E-state index contributed by atoms with van der Waals surface area (Å²) < 4.78 is 17.2. The quantitative estimate of drug-likeness (QED) is 0.514. The molecule has 9 nitrogen and oxygen atoms in total. The van der Waals surface area contributed by atoms with Crippen molar-refractivity contribution < 1.29 is 28.6 Å². The van der Waals surface area contributed by atoms with Crippen LogP contribution in [0.5, 0.6) is 11.5 Å². The summed E-state index contributed by atoms with van der Waals surface area (Å²) in [5, 5.41) is 2.98. The topological polar surface area (TPSA) is 97.4 Å². The van der Waals surface area contributed by atoms with Gasteiger partial charge >= 0.3 is 0 Å². The van der Waals surface area contributed by atoms with Gasteiger partial charge in [-0.25, -0.2) is 0 Å². The van der Waals surface area contributed by atoms with Crippen molar-refractivity contribution in [2.75, 3.05) is 26.5 Å². The van der Waals surface area contributed by atoms with E-state index in [1.165, 1.54) is 0 Å². The number of amides is 3. The molecule has 1 spiro atoms. The maximum absolute atomic E-state index is 14.0. The fraction of sp³-hybridized carbons (Fsp3) is 0.344. The Morgan fingerprint density at radius 2 is 1.63 bits per heavy atom. The lowest BCUT2D eigenvalue weighted by molar-refractivity contribution is -0.128. The van der Waals surface area contributed by atoms with Gasteiger partial charge in [0.2, 0.25) is 12.7 Å². The van der Waals surface area contributed by atoms with Gasteiger partial charge in [0.1, 0.15) is 11.8 Å². The minimum absolute atomic E-state index is 0.0367. The first-order valence-corrected chi connectivity index (χ1v) is 13.9. The van der Waals surface area contributed by atoms with Gasteiger partial charge in [-0.05, 0) is 55.3 Å². The predicted molar refractivity (Wildman–Crippen MR) is 151 cm³/mol. The molecule has 0 aliphatic carbocycles. The van der Waals surface area contributed by atoms with E-state index in [1.54, 1.807) is 21.9 Å². The molecule has 3 aromatic carbocycles. The van der Waals surface area contributed by atoms with Crippen LogP contribution in [0.15, 0.2) is 66.7 Å². The third-order valence-corrected chi connectivity index (χ3v) is 8.19. The Labute approximate surface area is 239 Å². The second-order valence-electron chi connectivity index (χ2n) is 10.8. The fourth-order valence-electron chi connectivity index (χ4n) is 5.80. The minimum Gasteiger partial charge on any atom is -0.454 e. The fourth-order valence-corrected chi connectivity index (χ4v) is 5.80. The molecule has 3 aromatic rings. The third-order valence-electron chi connectivity index (χ3n) is 8.19. The van der Waals surface area contributed by atoms with E-state index in [1.807, 2.05) is 68.4 Å². The van der Waals surface area contributed by atoms with Crippen molar-refractivity contribution in [1.82, 2.24) is 15.1 Å². The van der Waals surface area contributed by atoms with Crippen molar-refractivity contribution in [3.8, 4) is 11.5 Å². The standard InChI is InChI=1S/C32H33N3O6/c1-21-7-10-24(11-8-21)30(37)35-26(29(36)33-18-23-9-12-27-28(17-23)40-20-39-27)19-41-32(35)13-15-34(16-14-32)31(38)25-6-4-3-5-22(25)2/h3-12,17,26H,13-16,18-20H2,1-2H3,(H,33,36)/t26-/m0/s1. The van der Waals surface area contributed by atoms with Gasteiger partial charge in [-0.2, -0.15) is 0 Å². The molecular weight excluding hydrogens is 522 g/mol. The maximum atomic E-state index is 14.0. The Balaban J connectivity index is 1.21. The molecule has 9 heteroatoms. The summed E-state index contributed by atoms with van der Waals surface area (Å²) in [7, 11) is 0. The average Bonchev–Trinajstić information content (AvgIpc) is 3.61. The monoisotopic (exact) mass is 555 g/mol. The summed E-state index contributed by atoms with van der Waals surface area (Å²) >= 11 is 0. The van der Waals surface area contributed by atoms with Crippen LogP contribution in [-0.4, -0.2) is 65.8 Å². The SMILES string of the molecule is Cc1ccc(C(=O)N2[C@H](C(=O)NCc3ccc4c(c3)OCO4)COC23CCN(C(=O)c2ccccc2C)CC3)cc1. The molecule has 3 aliphatic heterocycles. The first kappa shape index (κ1) is 26.8. The molecule has 0 unspecified atom stereocenters. The summed E-state index contributed by atoms with van der Waals surface area (Å²) in [6.45, 7) is 5.24. The third kappa shape index (κ3) is 5.13. The predicted octanol–water partition coefficient (Wildman–Crippen LogP) is 3.82. The number of carbonyl (C=O) groups is 3. The second kappa shape index (κ2) is 10.9. The van der Waals surface area contributed by atoms with Gasteiger partial charge in [-0.15, -0.1) is 0 Å². The van der Waals surface area contributed by atoms with Crippen LogP contribution >= 0.6 is 0 Å². The molecule has 0 bridgehead atoms. The van der Waals surface area contributed by atoms with Gasteiger partial charge in [-0.1, -0.05) is 42.0 Å². The molecule has 0 aromatic heterocycles. The number of nitrogens with zero attached hydrogens (tertiary/aromatic N) is 2. The average molecular weight is 556 g/mol. The molecule has 3 heterocycles. The number of aryl methyl sites for hydroxylation is 2. The van der Waals surface area contributed by atoms with Crippen LogP contribution in [-0.2, 0) is 16.1 Å². The van der Waals surface area contributed by atoms with E-state index in [0.29, 0.717) is 48.6 Å². The molecule has 2 fully saturated rings. The number of carbonyl (C=O) groups excluding carboxylic acids is 3. The molecule has 2 saturated heterocycles. The van der Waals surface area contributed by atoms with Gasteiger partial charge in [0.05, 0.1) is 6.61 Å². The lowest BCUT2D eigenvalue weighted by Gasteiger charge is -2.44. The molecular formula is C32H33N3O6. The number of hydrogen-bond donors (Lipinski definition) is 1. The highest BCUT2D eigenvalue weighted by molar-refractivity contribution is 5.99. The number of benzene rings is 3. The van der Waals surface area contributed by atoms with Gasteiger partial charge in [0.15, 0.2) is 11.5 Å². The molecule has 1 N–H and O–H groups in total. The molecule has 41 heavy (non-hydrogen) atoms. The van der Waals surface area contributed by atoms with Crippen LogP contribution in [0.4, 0.5) is 0 Å². The molecule has 0 saturated carbocycles. The van der Waals surface area contributed by atoms with Crippen LogP contribution in [0, 0.1) is 13.8 Å². The lowest BCUT2D eigenvalue weighted by Crippen LogP contribution is -2.59. The van der Waals surface area contributed by atoms with Crippen LogP contribution < -0.4 is 14.8 Å². The van der Waals surface area contributed by atoms with E-state index in [4.69, 9.17) is 14.2 Å². The van der Waals surface area contributed by atoms with Crippen molar-refractivity contribution in [3.05, 3.63) is 94.5 Å². The Morgan fingerprint density at radius 3 is 2.39 bits per heavy atom. The van der Waals surface area contributed by atoms with Crippen molar-refractivity contribution in [3.63, 3.8) is 0 Å². The van der Waals surface area contributed by atoms with E-state index in [-0.39, 0.29) is 37.7 Å². The van der Waals surface area contributed by atoms with Gasteiger partial charge < -0.3 is 24.4 Å². The zero-order valence-electron chi connectivity index (χ0n) is 23.2. The summed E-state index contributed by atoms with van der Waals surface area (Å²) in [4.78, 5) is 44.3. The smallest absolute Gasteiger partial charge is 0.256 e. The largest absolute Gasteiger partial charge is 0.454 e. The van der Waals surface area contributed by atoms with Crippen LogP contribution in [0.25, 0.3) is 0 Å². The lowest BCUT2D eigenvalue weighted by atomic mass is 9.95. The first-order valence-electron chi connectivity index (χ1n) is 13.9. The van der Waals surface area contributed by atoms with E-state index < -0.39 is 11.8 Å². The van der Waals surface area contributed by atoms with E-state index >= 15 is 0 Å². The van der Waals surface area contributed by atoms with E-state index in [0.717, 1.165) is 16.7 Å². The molecule has 3 amide bonds. The molecule has 0 radical (unpaired) electrons. The highest BCUT2D eigenvalue weighted by Gasteiger charge is 2.54. The van der Waals surface area contributed by atoms with Gasteiger partial charge in [-0.3, -0.25) is 19.3 Å². The Hall–Kier alpha value is -4.37.